The van der Waals surface area contributed by atoms with Crippen LogP contribution < -0.4 is 4.74 Å². The number of aliphatic hydroxyl groups excluding tert-OH is 1. The lowest BCUT2D eigenvalue weighted by atomic mass is 9.92. The lowest BCUT2D eigenvalue weighted by molar-refractivity contribution is 0.264. The molecule has 0 aliphatic carbocycles. The van der Waals surface area contributed by atoms with Crippen LogP contribution in [0.2, 0.25) is 0 Å². The third kappa shape index (κ3) is 3.01. The summed E-state index contributed by atoms with van der Waals surface area (Å²) in [6.45, 7) is 7.76. The molecule has 3 aromatic rings. The number of nitrogens with zero attached hydrogens (tertiary/aromatic N) is 5. The first-order valence-corrected chi connectivity index (χ1v) is 10.4. The van der Waals surface area contributed by atoms with Gasteiger partial charge in [-0.25, -0.2) is 4.98 Å². The Kier molecular flexibility index (Phi) is 4.62. The highest BCUT2D eigenvalue weighted by atomic mass is 16.5. The average molecular weight is 403 g/mol. The van der Waals surface area contributed by atoms with E-state index in [0.717, 1.165) is 51.1 Å². The van der Waals surface area contributed by atoms with Crippen molar-refractivity contribution in [3.8, 4) is 17.0 Å². The normalized spacial score (nSPS) is 17.3. The number of rotatable bonds is 2. The minimum atomic E-state index is 0.0285. The van der Waals surface area contributed by atoms with Crippen molar-refractivity contribution in [3.05, 3.63) is 58.3 Å². The summed E-state index contributed by atoms with van der Waals surface area (Å²) in [6.07, 6.45) is 2.49. The van der Waals surface area contributed by atoms with Crippen molar-refractivity contribution >= 4 is 5.71 Å². The maximum absolute atomic E-state index is 9.51. The number of aromatic nitrogens is 4. The highest BCUT2D eigenvalue weighted by Crippen LogP contribution is 2.35. The molecule has 0 amide bonds. The second-order valence-corrected chi connectivity index (χ2v) is 7.97. The van der Waals surface area contributed by atoms with E-state index in [1.54, 1.807) is 0 Å². The molecule has 154 valence electrons. The number of hydrogen-bond donors (Lipinski definition) is 1. The van der Waals surface area contributed by atoms with E-state index in [-0.39, 0.29) is 12.5 Å². The van der Waals surface area contributed by atoms with Gasteiger partial charge < -0.3 is 9.84 Å². The SMILES string of the molecule is Cc1ccc2c(c1)[C@@H](C)C1=NCc3ncc(nc31)-c1c(C)nn(CCO)c1CCO2. The summed E-state index contributed by atoms with van der Waals surface area (Å²) in [6, 6.07) is 6.29. The molecule has 30 heavy (non-hydrogen) atoms. The standard InChI is InChI=1S/C23H25N5O2/c1-13-4-5-20-16(10-13)14(2)22-23-18(12-25-22)24-11-17(26-23)21-15(3)27-28(7-8-29)19(21)6-9-30-20/h4-5,10-11,14,29H,6-9,12H2,1-3H3/t14-/m1/s1. The molecule has 5 rings (SSSR count). The predicted octanol–water partition coefficient (Wildman–Crippen LogP) is 2.99. The monoisotopic (exact) mass is 403 g/mol. The Morgan fingerprint density at radius 2 is 2.13 bits per heavy atom. The van der Waals surface area contributed by atoms with E-state index in [1.165, 1.54) is 5.56 Å². The number of aliphatic hydroxyl groups is 1. The smallest absolute Gasteiger partial charge is 0.123 e. The van der Waals surface area contributed by atoms with Crippen molar-refractivity contribution in [3.63, 3.8) is 0 Å². The Morgan fingerprint density at radius 3 is 2.97 bits per heavy atom. The lowest BCUT2D eigenvalue weighted by Crippen LogP contribution is -2.17. The van der Waals surface area contributed by atoms with E-state index in [2.05, 4.69) is 31.1 Å². The zero-order chi connectivity index (χ0) is 20.8. The Balaban J connectivity index is 1.72. The molecular formula is C23H25N5O2. The van der Waals surface area contributed by atoms with Gasteiger partial charge in [0.05, 0.1) is 61.0 Å². The zero-order valence-electron chi connectivity index (χ0n) is 17.5. The third-order valence-corrected chi connectivity index (χ3v) is 5.93. The van der Waals surface area contributed by atoms with Crippen molar-refractivity contribution in [2.75, 3.05) is 13.2 Å². The summed E-state index contributed by atoms with van der Waals surface area (Å²) in [5.41, 5.74) is 8.71. The van der Waals surface area contributed by atoms with Crippen molar-refractivity contribution in [1.82, 2.24) is 19.7 Å². The topological polar surface area (TPSA) is 85.4 Å². The van der Waals surface area contributed by atoms with Gasteiger partial charge in [-0.2, -0.15) is 5.10 Å². The number of aliphatic imine (C=N–C) groups is 1. The van der Waals surface area contributed by atoms with E-state index in [9.17, 15) is 5.11 Å². The van der Waals surface area contributed by atoms with Crippen LogP contribution in [0.4, 0.5) is 0 Å². The van der Waals surface area contributed by atoms with Gasteiger partial charge in [0.2, 0.25) is 0 Å². The van der Waals surface area contributed by atoms with Crippen LogP contribution in [0, 0.1) is 13.8 Å². The van der Waals surface area contributed by atoms with Crippen LogP contribution in [-0.4, -0.2) is 43.8 Å². The van der Waals surface area contributed by atoms with Crippen LogP contribution >= 0.6 is 0 Å². The van der Waals surface area contributed by atoms with Crippen LogP contribution in [0.15, 0.2) is 29.4 Å². The average Bonchev–Trinajstić information content (AvgIpc) is 3.28. The molecule has 0 saturated heterocycles. The molecule has 7 nitrogen and oxygen atoms in total. The van der Waals surface area contributed by atoms with E-state index >= 15 is 0 Å². The molecule has 0 radical (unpaired) electrons. The Morgan fingerprint density at radius 1 is 1.27 bits per heavy atom. The molecule has 0 fully saturated rings. The molecule has 2 bridgehead atoms. The molecule has 4 heterocycles. The summed E-state index contributed by atoms with van der Waals surface area (Å²) in [5, 5.41) is 14.2. The highest BCUT2D eigenvalue weighted by molar-refractivity contribution is 6.06. The molecule has 0 saturated carbocycles. The summed E-state index contributed by atoms with van der Waals surface area (Å²) >= 11 is 0. The first-order valence-electron chi connectivity index (χ1n) is 10.4. The lowest BCUT2D eigenvalue weighted by Gasteiger charge is -2.20. The number of hydrogen-bond acceptors (Lipinski definition) is 6. The molecular weight excluding hydrogens is 378 g/mol. The summed E-state index contributed by atoms with van der Waals surface area (Å²) in [5.74, 6) is 0.934. The third-order valence-electron chi connectivity index (χ3n) is 5.93. The minimum absolute atomic E-state index is 0.0285. The van der Waals surface area contributed by atoms with Gasteiger partial charge in [0, 0.05) is 23.5 Å². The number of fused-ring (bicyclic) bond motifs is 4. The van der Waals surface area contributed by atoms with Crippen molar-refractivity contribution in [1.29, 1.82) is 0 Å². The second-order valence-electron chi connectivity index (χ2n) is 7.97. The molecule has 1 N–H and O–H groups in total. The van der Waals surface area contributed by atoms with E-state index in [1.807, 2.05) is 23.9 Å². The van der Waals surface area contributed by atoms with Gasteiger partial charge in [-0.3, -0.25) is 14.7 Å². The molecule has 2 aromatic heterocycles. The maximum Gasteiger partial charge on any atom is 0.123 e. The van der Waals surface area contributed by atoms with Gasteiger partial charge in [0.1, 0.15) is 11.4 Å². The Labute approximate surface area is 175 Å². The van der Waals surface area contributed by atoms with E-state index in [4.69, 9.17) is 19.7 Å². The Bertz CT molecular complexity index is 1160. The number of benzene rings is 1. The number of aryl methyl sites for hydroxylation is 2. The molecule has 7 heteroatoms. The van der Waals surface area contributed by atoms with Gasteiger partial charge in [-0.1, -0.05) is 24.6 Å². The van der Waals surface area contributed by atoms with Gasteiger partial charge in [0.25, 0.3) is 0 Å². The van der Waals surface area contributed by atoms with Crippen molar-refractivity contribution in [2.45, 2.75) is 46.2 Å². The maximum atomic E-state index is 9.51. The minimum Gasteiger partial charge on any atom is -0.493 e. The van der Waals surface area contributed by atoms with Crippen LogP contribution in [0.1, 0.15) is 46.7 Å². The summed E-state index contributed by atoms with van der Waals surface area (Å²) < 4.78 is 8.13. The van der Waals surface area contributed by atoms with Crippen molar-refractivity contribution < 1.29 is 9.84 Å². The highest BCUT2D eigenvalue weighted by Gasteiger charge is 2.29. The molecule has 2 aliphatic heterocycles. The van der Waals surface area contributed by atoms with Gasteiger partial charge in [-0.05, 0) is 19.9 Å². The molecule has 1 atom stereocenters. The summed E-state index contributed by atoms with van der Waals surface area (Å²) in [7, 11) is 0. The van der Waals surface area contributed by atoms with Gasteiger partial charge >= 0.3 is 0 Å². The summed E-state index contributed by atoms with van der Waals surface area (Å²) in [4.78, 5) is 14.5. The largest absolute Gasteiger partial charge is 0.493 e. The second kappa shape index (κ2) is 7.32. The fourth-order valence-electron chi connectivity index (χ4n) is 4.47. The first kappa shape index (κ1) is 18.9. The van der Waals surface area contributed by atoms with Crippen LogP contribution in [0.25, 0.3) is 11.3 Å². The van der Waals surface area contributed by atoms with Crippen LogP contribution in [0.3, 0.4) is 0 Å². The van der Waals surface area contributed by atoms with Crippen LogP contribution in [-0.2, 0) is 19.5 Å². The van der Waals surface area contributed by atoms with E-state index < -0.39 is 0 Å². The van der Waals surface area contributed by atoms with E-state index in [0.29, 0.717) is 26.1 Å². The predicted molar refractivity (Wildman–Crippen MR) is 114 cm³/mol. The first-order chi connectivity index (χ1) is 14.6. The zero-order valence-corrected chi connectivity index (χ0v) is 17.5. The number of ether oxygens (including phenoxy) is 1. The fourth-order valence-corrected chi connectivity index (χ4v) is 4.47. The molecule has 0 unspecified atom stereocenters. The van der Waals surface area contributed by atoms with Gasteiger partial charge in [-0.15, -0.1) is 0 Å². The quantitative estimate of drug-likeness (QED) is 0.711. The van der Waals surface area contributed by atoms with Crippen LogP contribution in [0.5, 0.6) is 5.75 Å². The molecule has 1 aromatic carbocycles. The van der Waals surface area contributed by atoms with Gasteiger partial charge in [0.15, 0.2) is 0 Å². The molecule has 2 aliphatic rings. The fraction of sp³-hybridized carbons (Fsp3) is 0.391. The Hall–Kier alpha value is -3.06. The van der Waals surface area contributed by atoms with Crippen molar-refractivity contribution in [2.24, 2.45) is 4.99 Å². The molecule has 0 spiro atoms.